The second kappa shape index (κ2) is 12.1. The minimum atomic E-state index is -0.752. The molecule has 2 aliphatic rings. The van der Waals surface area contributed by atoms with Crippen LogP contribution in [-0.2, 0) is 5.41 Å². The molecule has 51 heavy (non-hydrogen) atoms. The van der Waals surface area contributed by atoms with Gasteiger partial charge in [-0.25, -0.2) is 0 Å². The number of anilines is 3. The SMILES string of the molecule is Cc1c(-c2ccccc2[Si](C)C)c2c(n1-c1ccccc1)B1c3ccc(N(c4ccccc4)c4ccccc4)cc3C(C)(C)c3cccc(c31)O2. The molecule has 7 aromatic rings. The fourth-order valence-electron chi connectivity index (χ4n) is 8.66. The zero-order valence-electron chi connectivity index (χ0n) is 29.8. The van der Waals surface area contributed by atoms with E-state index in [1.54, 1.807) is 0 Å². The van der Waals surface area contributed by atoms with Crippen molar-refractivity contribution >= 4 is 54.3 Å². The molecule has 247 valence electrons. The van der Waals surface area contributed by atoms with Crippen LogP contribution in [0, 0.1) is 6.92 Å². The molecule has 1 radical (unpaired) electrons. The maximum Gasteiger partial charge on any atom is 0.273 e. The van der Waals surface area contributed by atoms with Crippen LogP contribution in [0.25, 0.3) is 16.8 Å². The fraction of sp³-hybridized carbons (Fsp3) is 0.130. The minimum Gasteiger partial charge on any atom is -0.456 e. The lowest BCUT2D eigenvalue weighted by atomic mass is 9.32. The first-order chi connectivity index (χ1) is 24.8. The normalized spacial score (nSPS) is 13.6. The van der Waals surface area contributed by atoms with Crippen molar-refractivity contribution in [3.05, 3.63) is 168 Å². The molecule has 0 atom stereocenters. The molecule has 0 amide bonds. The lowest BCUT2D eigenvalue weighted by molar-refractivity contribution is 0.486. The lowest BCUT2D eigenvalue weighted by Crippen LogP contribution is -2.63. The fourth-order valence-corrected chi connectivity index (χ4v) is 9.84. The molecular weight excluding hydrogens is 635 g/mol. The largest absolute Gasteiger partial charge is 0.456 e. The molecule has 0 saturated heterocycles. The molecule has 0 bridgehead atoms. The number of para-hydroxylation sites is 3. The van der Waals surface area contributed by atoms with Crippen LogP contribution in [0.3, 0.4) is 0 Å². The second-order valence-corrected chi connectivity index (χ2v) is 17.1. The molecule has 0 fully saturated rings. The summed E-state index contributed by atoms with van der Waals surface area (Å²) in [6, 6.07) is 55.1. The van der Waals surface area contributed by atoms with Gasteiger partial charge in [-0.05, 0) is 83.7 Å². The van der Waals surface area contributed by atoms with Gasteiger partial charge in [-0.1, -0.05) is 135 Å². The highest BCUT2D eigenvalue weighted by molar-refractivity contribution is 6.97. The molecule has 0 unspecified atom stereocenters. The van der Waals surface area contributed by atoms with E-state index in [0.29, 0.717) is 0 Å². The Balaban J connectivity index is 1.34. The Morgan fingerprint density at radius 1 is 0.647 bits per heavy atom. The molecule has 3 heterocycles. The number of fused-ring (bicyclic) bond motifs is 4. The standard InChI is InChI=1S/C46H40BN2OSi/c1-31-42(36-24-15-16-27-41(36)51(4)5)44-45(48(31)32-18-9-6-10-19-32)47-39-29-28-35(49(33-20-11-7-12-21-33)34-22-13-8-14-23-34)30-38(39)46(2,3)37-25-17-26-40(50-44)43(37)47/h6-30H,1-5H3. The summed E-state index contributed by atoms with van der Waals surface area (Å²) in [5.41, 5.74) is 14.5. The van der Waals surface area contributed by atoms with Crippen LogP contribution >= 0.6 is 0 Å². The van der Waals surface area contributed by atoms with Crippen LogP contribution in [-0.4, -0.2) is 20.1 Å². The van der Waals surface area contributed by atoms with Gasteiger partial charge in [0.05, 0.1) is 8.80 Å². The van der Waals surface area contributed by atoms with Gasteiger partial charge in [-0.15, -0.1) is 0 Å². The van der Waals surface area contributed by atoms with E-state index in [4.69, 9.17) is 4.74 Å². The summed E-state index contributed by atoms with van der Waals surface area (Å²) >= 11 is 0. The van der Waals surface area contributed by atoms with Crippen LogP contribution in [0.15, 0.2) is 152 Å². The van der Waals surface area contributed by atoms with Gasteiger partial charge in [0.1, 0.15) is 11.5 Å². The van der Waals surface area contributed by atoms with Crippen LogP contribution in [0.4, 0.5) is 17.1 Å². The van der Waals surface area contributed by atoms with E-state index in [2.05, 4.69) is 195 Å². The number of nitrogens with zero attached hydrogens (tertiary/aromatic N) is 2. The third-order valence-corrected chi connectivity index (χ3v) is 12.5. The quantitative estimate of drug-likeness (QED) is 0.164. The highest BCUT2D eigenvalue weighted by Gasteiger charge is 2.48. The van der Waals surface area contributed by atoms with Gasteiger partial charge in [0, 0.05) is 45.0 Å². The highest BCUT2D eigenvalue weighted by atomic mass is 28.3. The summed E-state index contributed by atoms with van der Waals surface area (Å²) < 4.78 is 9.68. The third-order valence-electron chi connectivity index (χ3n) is 11.0. The summed E-state index contributed by atoms with van der Waals surface area (Å²) in [6.45, 7) is 11.8. The number of rotatable bonds is 6. The smallest absolute Gasteiger partial charge is 0.273 e. The minimum absolute atomic E-state index is 0.00762. The van der Waals surface area contributed by atoms with Crippen LogP contribution < -0.4 is 31.3 Å². The Morgan fingerprint density at radius 2 is 1.27 bits per heavy atom. The van der Waals surface area contributed by atoms with Crippen LogP contribution in [0.2, 0.25) is 13.1 Å². The average Bonchev–Trinajstić information content (AvgIpc) is 3.45. The molecule has 0 aliphatic carbocycles. The number of hydrogen-bond acceptors (Lipinski definition) is 2. The van der Waals surface area contributed by atoms with Gasteiger partial charge in [0.15, 0.2) is 0 Å². The average molecular weight is 676 g/mol. The van der Waals surface area contributed by atoms with Gasteiger partial charge < -0.3 is 14.2 Å². The van der Waals surface area contributed by atoms with E-state index in [1.807, 2.05) is 0 Å². The maximum atomic E-state index is 7.20. The zero-order valence-corrected chi connectivity index (χ0v) is 30.8. The first kappa shape index (κ1) is 31.5. The Kier molecular flexibility index (Phi) is 7.44. The van der Waals surface area contributed by atoms with Crippen molar-refractivity contribution < 1.29 is 4.74 Å². The van der Waals surface area contributed by atoms with Crippen molar-refractivity contribution in [2.24, 2.45) is 0 Å². The van der Waals surface area contributed by atoms with Crippen LogP contribution in [0.5, 0.6) is 11.5 Å². The van der Waals surface area contributed by atoms with Crippen molar-refractivity contribution in [1.82, 2.24) is 4.57 Å². The van der Waals surface area contributed by atoms with E-state index in [0.717, 1.165) is 34.2 Å². The maximum absolute atomic E-state index is 7.20. The Labute approximate surface area is 303 Å². The van der Waals surface area contributed by atoms with Crippen molar-refractivity contribution in [3.8, 4) is 28.3 Å². The van der Waals surface area contributed by atoms with Gasteiger partial charge >= 0.3 is 0 Å². The van der Waals surface area contributed by atoms with Crippen molar-refractivity contribution in [2.75, 3.05) is 4.90 Å². The van der Waals surface area contributed by atoms with Gasteiger partial charge in [-0.3, -0.25) is 0 Å². The second-order valence-electron chi connectivity index (χ2n) is 14.5. The number of hydrogen-bond donors (Lipinski definition) is 0. The summed E-state index contributed by atoms with van der Waals surface area (Å²) in [4.78, 5) is 2.37. The number of aromatic nitrogens is 1. The molecule has 3 nitrogen and oxygen atoms in total. The van der Waals surface area contributed by atoms with E-state index in [1.165, 1.54) is 49.7 Å². The Bertz CT molecular complexity index is 2380. The molecule has 2 aliphatic heterocycles. The summed E-state index contributed by atoms with van der Waals surface area (Å²) in [5.74, 6) is 1.94. The van der Waals surface area contributed by atoms with E-state index < -0.39 is 8.80 Å². The molecule has 0 saturated carbocycles. The summed E-state index contributed by atoms with van der Waals surface area (Å²) in [6.07, 6.45) is 0. The predicted octanol–water partition coefficient (Wildman–Crippen LogP) is 9.15. The van der Waals surface area contributed by atoms with Gasteiger partial charge in [-0.2, -0.15) is 0 Å². The predicted molar refractivity (Wildman–Crippen MR) is 217 cm³/mol. The van der Waals surface area contributed by atoms with Gasteiger partial charge in [0.2, 0.25) is 0 Å². The lowest BCUT2D eigenvalue weighted by Gasteiger charge is -2.42. The highest BCUT2D eigenvalue weighted by Crippen LogP contribution is 2.45. The molecule has 5 heteroatoms. The van der Waals surface area contributed by atoms with Crippen molar-refractivity contribution in [3.63, 3.8) is 0 Å². The van der Waals surface area contributed by atoms with E-state index in [-0.39, 0.29) is 12.1 Å². The Hall–Kier alpha value is -5.52. The Morgan fingerprint density at radius 3 is 1.94 bits per heavy atom. The van der Waals surface area contributed by atoms with E-state index >= 15 is 0 Å². The molecular formula is C46H40BN2OSi. The number of ether oxygens (including phenoxy) is 1. The third kappa shape index (κ3) is 4.86. The van der Waals surface area contributed by atoms with Crippen LogP contribution in [0.1, 0.15) is 30.7 Å². The monoisotopic (exact) mass is 675 g/mol. The summed E-state index contributed by atoms with van der Waals surface area (Å²) in [7, 11) is -0.752. The number of benzene rings is 6. The topological polar surface area (TPSA) is 17.4 Å². The first-order valence-corrected chi connectivity index (χ1v) is 20.4. The molecule has 9 rings (SSSR count). The van der Waals surface area contributed by atoms with Crippen molar-refractivity contribution in [1.29, 1.82) is 0 Å². The molecule has 0 N–H and O–H groups in total. The first-order valence-electron chi connectivity index (χ1n) is 17.9. The summed E-state index contributed by atoms with van der Waals surface area (Å²) in [5, 5.41) is 1.43. The van der Waals surface area contributed by atoms with Crippen molar-refractivity contribution in [2.45, 2.75) is 39.3 Å². The van der Waals surface area contributed by atoms with Gasteiger partial charge in [0.25, 0.3) is 6.71 Å². The molecule has 0 spiro atoms. The molecule has 6 aromatic carbocycles. The zero-order chi connectivity index (χ0) is 34.9. The van der Waals surface area contributed by atoms with E-state index in [9.17, 15) is 0 Å². The molecule has 1 aromatic heterocycles.